The van der Waals surface area contributed by atoms with Crippen molar-refractivity contribution in [3.8, 4) is 33.4 Å². The maximum absolute atomic E-state index is 2.70. The molecular weight excluding hydrogens is 857 g/mol. The summed E-state index contributed by atoms with van der Waals surface area (Å²) in [6.07, 6.45) is 5.20. The minimum atomic E-state index is -0.252. The van der Waals surface area contributed by atoms with E-state index in [9.17, 15) is 0 Å². The molecule has 2 heteroatoms. The SMILES string of the molecule is CCCC(c1cc2c(cc1C)-c1cc3c(cc1C2(CC)CC)C3(CC)N(c1ccc(C)cc1)c1ccc2c(c1)C(C)(C)c1ccccc1-2)N(c1ccc(C)cc1)c1ccc2c(c1)C(C)(C)c1ccccc1-2. The van der Waals surface area contributed by atoms with Gasteiger partial charge in [-0.05, 0) is 190 Å². The van der Waals surface area contributed by atoms with Gasteiger partial charge in [0.15, 0.2) is 0 Å². The fourth-order valence-corrected chi connectivity index (χ4v) is 14.3. The van der Waals surface area contributed by atoms with E-state index in [-0.39, 0.29) is 27.8 Å². The number of benzene rings is 8. The highest BCUT2D eigenvalue weighted by atomic mass is 15.2. The van der Waals surface area contributed by atoms with Crippen molar-refractivity contribution >= 4 is 22.7 Å². The molecule has 0 aliphatic heterocycles. The summed E-state index contributed by atoms with van der Waals surface area (Å²) in [7, 11) is 0. The predicted molar refractivity (Wildman–Crippen MR) is 301 cm³/mol. The van der Waals surface area contributed by atoms with Gasteiger partial charge < -0.3 is 9.80 Å². The smallest absolute Gasteiger partial charge is 0.0960 e. The Labute approximate surface area is 424 Å². The van der Waals surface area contributed by atoms with E-state index in [2.05, 4.69) is 244 Å². The summed E-state index contributed by atoms with van der Waals surface area (Å²) in [4.78, 5) is 5.39. The van der Waals surface area contributed by atoms with E-state index in [0.717, 1.165) is 32.1 Å². The van der Waals surface area contributed by atoms with Gasteiger partial charge in [-0.25, -0.2) is 0 Å². The van der Waals surface area contributed by atoms with Gasteiger partial charge in [0, 0.05) is 39.0 Å². The van der Waals surface area contributed by atoms with Gasteiger partial charge in [-0.15, -0.1) is 0 Å². The van der Waals surface area contributed by atoms with Crippen molar-refractivity contribution in [1.82, 2.24) is 0 Å². The fraction of sp³-hybridized carbons (Fsp3) is 0.304. The molecule has 12 rings (SSSR count). The monoisotopic (exact) mass is 927 g/mol. The third-order valence-corrected chi connectivity index (χ3v) is 18.3. The van der Waals surface area contributed by atoms with Gasteiger partial charge in [-0.1, -0.05) is 176 Å². The standard InChI is InChI=1S/C69H70N2/c1-12-20-65(70(46-29-25-43(5)26-30-46)48-33-35-52-50-21-16-18-23-57(50)66(8,9)59(52)38-48)54-40-61-55(37-45(54)7)56-41-63-64(42-62(56)68(61,13-2)14-3)69(63,15-4)71(47-31-27-44(6)28-32-47)49-34-36-53-51-22-17-19-24-58(51)67(10,11)60(53)39-49/h16-19,21-42,65H,12-15,20H2,1-11H3. The Hall–Kier alpha value is -6.64. The van der Waals surface area contributed by atoms with Gasteiger partial charge in [0.25, 0.3) is 0 Å². The Morgan fingerprint density at radius 1 is 0.394 bits per heavy atom. The van der Waals surface area contributed by atoms with Crippen LogP contribution in [-0.4, -0.2) is 0 Å². The molecule has 2 atom stereocenters. The van der Waals surface area contributed by atoms with Crippen molar-refractivity contribution in [2.75, 3.05) is 9.80 Å². The van der Waals surface area contributed by atoms with E-state index in [1.165, 1.54) is 123 Å². The van der Waals surface area contributed by atoms with Crippen LogP contribution in [0.1, 0.15) is 160 Å². The van der Waals surface area contributed by atoms with Crippen LogP contribution < -0.4 is 9.80 Å². The number of fused-ring (bicyclic) bond motifs is 10. The molecule has 4 aliphatic rings. The molecule has 2 nitrogen and oxygen atoms in total. The molecule has 2 unspecified atom stereocenters. The minimum absolute atomic E-state index is 0.0852. The highest BCUT2D eigenvalue weighted by Crippen LogP contribution is 2.65. The molecule has 71 heavy (non-hydrogen) atoms. The first-order chi connectivity index (χ1) is 34.2. The first kappa shape index (κ1) is 45.5. The van der Waals surface area contributed by atoms with Crippen LogP contribution in [0.3, 0.4) is 0 Å². The van der Waals surface area contributed by atoms with Crippen molar-refractivity contribution < 1.29 is 0 Å². The van der Waals surface area contributed by atoms with E-state index >= 15 is 0 Å². The summed E-state index contributed by atoms with van der Waals surface area (Å²) in [5.41, 5.74) is 29.8. The van der Waals surface area contributed by atoms with E-state index in [1.807, 2.05) is 0 Å². The normalized spacial score (nSPS) is 17.8. The lowest BCUT2D eigenvalue weighted by atomic mass is 9.73. The first-order valence-corrected chi connectivity index (χ1v) is 26.8. The largest absolute Gasteiger partial charge is 0.334 e. The minimum Gasteiger partial charge on any atom is -0.334 e. The maximum atomic E-state index is 2.70. The van der Waals surface area contributed by atoms with E-state index in [4.69, 9.17) is 0 Å². The van der Waals surface area contributed by atoms with E-state index in [0.29, 0.717) is 0 Å². The Kier molecular flexibility index (Phi) is 10.4. The topological polar surface area (TPSA) is 6.48 Å². The lowest BCUT2D eigenvalue weighted by Gasteiger charge is -2.37. The Morgan fingerprint density at radius 3 is 1.44 bits per heavy atom. The Morgan fingerprint density at radius 2 is 0.873 bits per heavy atom. The van der Waals surface area contributed by atoms with Gasteiger partial charge in [0.1, 0.15) is 0 Å². The molecule has 4 aliphatic carbocycles. The Balaban J connectivity index is 0.993. The van der Waals surface area contributed by atoms with Crippen LogP contribution in [0, 0.1) is 20.8 Å². The zero-order valence-corrected chi connectivity index (χ0v) is 44.0. The quantitative estimate of drug-likeness (QED) is 0.120. The van der Waals surface area contributed by atoms with Crippen molar-refractivity contribution in [3.63, 3.8) is 0 Å². The zero-order chi connectivity index (χ0) is 49.4. The number of aryl methyl sites for hydroxylation is 3. The molecule has 356 valence electrons. The van der Waals surface area contributed by atoms with Gasteiger partial charge in [-0.3, -0.25) is 0 Å². The fourth-order valence-electron chi connectivity index (χ4n) is 14.3. The van der Waals surface area contributed by atoms with Crippen molar-refractivity contribution in [2.45, 2.75) is 136 Å². The molecule has 0 aromatic heterocycles. The Bertz CT molecular complexity index is 3430. The second-order valence-electron chi connectivity index (χ2n) is 22.7. The molecule has 0 saturated carbocycles. The van der Waals surface area contributed by atoms with Crippen LogP contribution in [0.15, 0.2) is 158 Å². The molecule has 0 heterocycles. The summed E-state index contributed by atoms with van der Waals surface area (Å²) >= 11 is 0. The molecular formula is C69H70N2. The number of anilines is 4. The average molecular weight is 927 g/mol. The molecule has 8 aromatic carbocycles. The molecule has 0 saturated heterocycles. The number of nitrogens with zero attached hydrogens (tertiary/aromatic N) is 2. The molecule has 0 bridgehead atoms. The molecule has 0 radical (unpaired) electrons. The van der Waals surface area contributed by atoms with Gasteiger partial charge in [0.05, 0.1) is 11.6 Å². The first-order valence-electron chi connectivity index (χ1n) is 26.8. The maximum Gasteiger partial charge on any atom is 0.0960 e. The van der Waals surface area contributed by atoms with Crippen LogP contribution in [-0.2, 0) is 21.8 Å². The molecule has 0 N–H and O–H groups in total. The lowest BCUT2D eigenvalue weighted by molar-refractivity contribution is 0.488. The molecule has 0 spiro atoms. The third-order valence-electron chi connectivity index (χ3n) is 18.3. The zero-order valence-electron chi connectivity index (χ0n) is 44.0. The van der Waals surface area contributed by atoms with Gasteiger partial charge in [0.2, 0.25) is 0 Å². The average Bonchev–Trinajstić information content (AvgIpc) is 3.74. The molecule has 8 aromatic rings. The summed E-state index contributed by atoms with van der Waals surface area (Å²) < 4.78 is 0. The number of rotatable bonds is 12. The number of hydrogen-bond donors (Lipinski definition) is 0. The van der Waals surface area contributed by atoms with Crippen molar-refractivity contribution in [3.05, 3.63) is 224 Å². The second-order valence-corrected chi connectivity index (χ2v) is 22.7. The van der Waals surface area contributed by atoms with E-state index in [1.54, 1.807) is 0 Å². The molecule has 0 fully saturated rings. The summed E-state index contributed by atoms with van der Waals surface area (Å²) in [5.74, 6) is 0. The lowest BCUT2D eigenvalue weighted by Crippen LogP contribution is -2.32. The van der Waals surface area contributed by atoms with Gasteiger partial charge >= 0.3 is 0 Å². The van der Waals surface area contributed by atoms with Gasteiger partial charge in [-0.2, -0.15) is 0 Å². The highest BCUT2D eigenvalue weighted by molar-refractivity contribution is 5.90. The summed E-state index contributed by atoms with van der Waals surface area (Å²) in [6, 6.07) is 62.0. The van der Waals surface area contributed by atoms with Crippen molar-refractivity contribution in [1.29, 1.82) is 0 Å². The summed E-state index contributed by atoms with van der Waals surface area (Å²) in [5, 5.41) is 0. The predicted octanol–water partition coefficient (Wildman–Crippen LogP) is 18.8. The van der Waals surface area contributed by atoms with Crippen LogP contribution in [0.25, 0.3) is 33.4 Å². The molecule has 0 amide bonds. The van der Waals surface area contributed by atoms with Crippen LogP contribution in [0.2, 0.25) is 0 Å². The highest BCUT2D eigenvalue weighted by Gasteiger charge is 2.57. The van der Waals surface area contributed by atoms with Crippen LogP contribution >= 0.6 is 0 Å². The van der Waals surface area contributed by atoms with Crippen LogP contribution in [0.5, 0.6) is 0 Å². The summed E-state index contributed by atoms with van der Waals surface area (Å²) in [6.45, 7) is 26.1. The number of hydrogen-bond acceptors (Lipinski definition) is 2. The van der Waals surface area contributed by atoms with Crippen LogP contribution in [0.4, 0.5) is 22.7 Å². The second kappa shape index (κ2) is 16.2. The van der Waals surface area contributed by atoms with E-state index < -0.39 is 0 Å². The third kappa shape index (κ3) is 6.38. The van der Waals surface area contributed by atoms with Crippen molar-refractivity contribution in [2.24, 2.45) is 0 Å².